The van der Waals surface area contributed by atoms with Crippen molar-refractivity contribution in [2.75, 3.05) is 14.2 Å². The fraction of sp³-hybridized carbons (Fsp3) is 0.111. The predicted molar refractivity (Wildman–Crippen MR) is 123 cm³/mol. The fourth-order valence-corrected chi connectivity index (χ4v) is 3.13. The van der Waals surface area contributed by atoms with Gasteiger partial charge in [0.1, 0.15) is 11.5 Å². The van der Waals surface area contributed by atoms with Crippen molar-refractivity contribution in [2.24, 2.45) is 0 Å². The normalized spacial score (nSPS) is 11.0. The Morgan fingerprint density at radius 2 is 1.23 bits per heavy atom. The molecule has 0 spiro atoms. The van der Waals surface area contributed by atoms with Crippen LogP contribution >= 0.6 is 0 Å². The maximum absolute atomic E-state index is 13.2. The van der Waals surface area contributed by atoms with Gasteiger partial charge < -0.3 is 9.47 Å². The number of carbonyl (C=O) groups excluding carboxylic acids is 2. The van der Waals surface area contributed by atoms with Gasteiger partial charge in [-0.3, -0.25) is 9.59 Å². The van der Waals surface area contributed by atoms with E-state index in [9.17, 15) is 9.59 Å². The summed E-state index contributed by atoms with van der Waals surface area (Å²) < 4.78 is 10.3. The van der Waals surface area contributed by atoms with Gasteiger partial charge in [0.2, 0.25) is 0 Å². The Morgan fingerprint density at radius 1 is 0.742 bits per heavy atom. The van der Waals surface area contributed by atoms with Crippen molar-refractivity contribution in [1.29, 1.82) is 0 Å². The van der Waals surface area contributed by atoms with Gasteiger partial charge in [-0.15, -0.1) is 0 Å². The van der Waals surface area contributed by atoms with Gasteiger partial charge in [0.15, 0.2) is 11.6 Å². The van der Waals surface area contributed by atoms with Gasteiger partial charge in [-0.1, -0.05) is 36.9 Å². The number of ether oxygens (including phenoxy) is 2. The van der Waals surface area contributed by atoms with Crippen LogP contribution in [0.25, 0.3) is 6.08 Å². The summed E-state index contributed by atoms with van der Waals surface area (Å²) in [5.41, 5.74) is 2.73. The summed E-state index contributed by atoms with van der Waals surface area (Å²) >= 11 is 0. The molecule has 0 aliphatic heterocycles. The number of Topliss-reactive ketones (excluding diaryl/α,β-unsaturated/α-hetero) is 2. The molecule has 156 valence electrons. The van der Waals surface area contributed by atoms with Crippen LogP contribution in [0.3, 0.4) is 0 Å². The molecule has 3 rings (SSSR count). The summed E-state index contributed by atoms with van der Waals surface area (Å²) in [7, 11) is 3.15. The minimum atomic E-state index is -0.204. The lowest BCUT2D eigenvalue weighted by Gasteiger charge is -2.11. The molecule has 0 atom stereocenters. The molecule has 0 radical (unpaired) electrons. The van der Waals surface area contributed by atoms with Gasteiger partial charge >= 0.3 is 0 Å². The van der Waals surface area contributed by atoms with Crippen molar-refractivity contribution >= 4 is 17.6 Å². The van der Waals surface area contributed by atoms with E-state index in [1.165, 1.54) is 0 Å². The van der Waals surface area contributed by atoms with Crippen molar-refractivity contribution in [3.05, 3.63) is 113 Å². The molecule has 4 nitrogen and oxygen atoms in total. The van der Waals surface area contributed by atoms with Crippen LogP contribution in [-0.2, 0) is 0 Å². The quantitative estimate of drug-likeness (QED) is 0.329. The summed E-state index contributed by atoms with van der Waals surface area (Å²) in [5, 5.41) is 0. The molecule has 0 saturated heterocycles. The van der Waals surface area contributed by atoms with Crippen LogP contribution in [0.5, 0.6) is 11.5 Å². The number of benzene rings is 3. The lowest BCUT2D eigenvalue weighted by Crippen LogP contribution is -2.09. The summed E-state index contributed by atoms with van der Waals surface area (Å²) in [6.45, 7) is 3.96. The number of hydrogen-bond donors (Lipinski definition) is 0. The van der Waals surface area contributed by atoms with Gasteiger partial charge in [-0.2, -0.15) is 0 Å². The van der Waals surface area contributed by atoms with E-state index >= 15 is 0 Å². The van der Waals surface area contributed by atoms with Gasteiger partial charge in [0.25, 0.3) is 0 Å². The van der Waals surface area contributed by atoms with E-state index < -0.39 is 0 Å². The SMILES string of the molecule is C=C(C/C(=C\c1ccccc1)C(=O)c1ccc(OC)cc1)C(=O)c1ccc(OC)cc1. The highest BCUT2D eigenvalue weighted by molar-refractivity contribution is 6.14. The van der Waals surface area contributed by atoms with Crippen LogP contribution in [0.15, 0.2) is 96.6 Å². The van der Waals surface area contributed by atoms with E-state index in [0.717, 1.165) is 5.56 Å². The third kappa shape index (κ3) is 5.58. The van der Waals surface area contributed by atoms with Gasteiger partial charge in [0.05, 0.1) is 14.2 Å². The molecule has 4 heteroatoms. The second kappa shape index (κ2) is 10.2. The molecule has 3 aromatic rings. The molecular weight excluding hydrogens is 388 g/mol. The second-order valence-corrected chi connectivity index (χ2v) is 6.98. The van der Waals surface area contributed by atoms with Crippen molar-refractivity contribution in [1.82, 2.24) is 0 Å². The first kappa shape index (κ1) is 21.8. The lowest BCUT2D eigenvalue weighted by molar-refractivity contribution is 0.102. The average molecular weight is 412 g/mol. The molecule has 0 aliphatic carbocycles. The molecule has 0 amide bonds. The third-order valence-electron chi connectivity index (χ3n) is 4.86. The van der Waals surface area contributed by atoms with Crippen LogP contribution in [0.4, 0.5) is 0 Å². The first-order chi connectivity index (χ1) is 15.0. The molecule has 0 saturated carbocycles. The van der Waals surface area contributed by atoms with Crippen molar-refractivity contribution < 1.29 is 19.1 Å². The van der Waals surface area contributed by atoms with E-state index in [-0.39, 0.29) is 18.0 Å². The minimum absolute atomic E-state index is 0.143. The topological polar surface area (TPSA) is 52.6 Å². The van der Waals surface area contributed by atoms with Crippen LogP contribution in [-0.4, -0.2) is 25.8 Å². The molecule has 0 unspecified atom stereocenters. The van der Waals surface area contributed by atoms with Gasteiger partial charge in [-0.05, 0) is 65.7 Å². The summed E-state index contributed by atoms with van der Waals surface area (Å²) in [5.74, 6) is 0.977. The Kier molecular flexibility index (Phi) is 7.17. The monoisotopic (exact) mass is 412 g/mol. The van der Waals surface area contributed by atoms with E-state index in [1.807, 2.05) is 30.3 Å². The standard InChI is InChI=1S/C27H24O4/c1-19(26(28)21-9-13-24(30-2)14-10-21)17-23(18-20-7-5-4-6-8-20)27(29)22-11-15-25(31-3)16-12-22/h4-16,18H,1,17H2,2-3H3/b23-18+. The van der Waals surface area contributed by atoms with Gasteiger partial charge in [-0.25, -0.2) is 0 Å². The van der Waals surface area contributed by atoms with Gasteiger partial charge in [0, 0.05) is 23.1 Å². The number of carbonyl (C=O) groups is 2. The van der Waals surface area contributed by atoms with E-state index in [0.29, 0.717) is 33.8 Å². The van der Waals surface area contributed by atoms with Crippen LogP contribution in [0.2, 0.25) is 0 Å². The maximum atomic E-state index is 13.2. The molecule has 0 aliphatic rings. The molecular formula is C27H24O4. The predicted octanol–water partition coefficient (Wildman–Crippen LogP) is 5.80. The van der Waals surface area contributed by atoms with Crippen molar-refractivity contribution in [2.45, 2.75) is 6.42 Å². The van der Waals surface area contributed by atoms with Crippen molar-refractivity contribution in [3.8, 4) is 11.5 Å². The zero-order valence-corrected chi connectivity index (χ0v) is 17.6. The number of ketones is 2. The highest BCUT2D eigenvalue weighted by Gasteiger charge is 2.18. The highest BCUT2D eigenvalue weighted by atomic mass is 16.5. The Labute approximate surface area is 182 Å². The molecule has 0 fully saturated rings. The minimum Gasteiger partial charge on any atom is -0.497 e. The molecule has 0 heterocycles. The Hall–Kier alpha value is -3.92. The summed E-state index contributed by atoms with van der Waals surface area (Å²) in [6.07, 6.45) is 1.95. The summed E-state index contributed by atoms with van der Waals surface area (Å²) in [6, 6.07) is 23.3. The maximum Gasteiger partial charge on any atom is 0.189 e. The van der Waals surface area contributed by atoms with Crippen molar-refractivity contribution in [3.63, 3.8) is 0 Å². The number of hydrogen-bond acceptors (Lipinski definition) is 4. The third-order valence-corrected chi connectivity index (χ3v) is 4.86. The van der Waals surface area contributed by atoms with E-state index in [1.54, 1.807) is 68.8 Å². The number of rotatable bonds is 9. The molecule has 0 N–H and O–H groups in total. The number of methoxy groups -OCH3 is 2. The Morgan fingerprint density at radius 3 is 1.71 bits per heavy atom. The van der Waals surface area contributed by atoms with E-state index in [2.05, 4.69) is 6.58 Å². The van der Waals surface area contributed by atoms with Crippen LogP contribution in [0.1, 0.15) is 32.7 Å². The fourth-order valence-electron chi connectivity index (χ4n) is 3.13. The number of allylic oxidation sites excluding steroid dienone is 2. The van der Waals surface area contributed by atoms with E-state index in [4.69, 9.17) is 9.47 Å². The molecule has 31 heavy (non-hydrogen) atoms. The lowest BCUT2D eigenvalue weighted by atomic mass is 9.92. The smallest absolute Gasteiger partial charge is 0.189 e. The summed E-state index contributed by atoms with van der Waals surface area (Å²) in [4.78, 5) is 26.1. The zero-order valence-electron chi connectivity index (χ0n) is 17.6. The molecule has 0 aromatic heterocycles. The van der Waals surface area contributed by atoms with Crippen LogP contribution < -0.4 is 9.47 Å². The first-order valence-corrected chi connectivity index (χ1v) is 9.82. The average Bonchev–Trinajstić information content (AvgIpc) is 2.83. The largest absolute Gasteiger partial charge is 0.497 e. The Balaban J connectivity index is 1.88. The molecule has 3 aromatic carbocycles. The zero-order chi connectivity index (χ0) is 22.2. The molecule has 0 bridgehead atoms. The highest BCUT2D eigenvalue weighted by Crippen LogP contribution is 2.23. The van der Waals surface area contributed by atoms with Crippen LogP contribution in [0, 0.1) is 0 Å². The second-order valence-electron chi connectivity index (χ2n) is 6.98. The first-order valence-electron chi connectivity index (χ1n) is 9.82. The Bertz CT molecular complexity index is 1090.